The van der Waals surface area contributed by atoms with E-state index in [-0.39, 0.29) is 12.2 Å². The predicted octanol–water partition coefficient (Wildman–Crippen LogP) is 4.27. The van der Waals surface area contributed by atoms with E-state index in [1.165, 1.54) is 48.5 Å². The topological polar surface area (TPSA) is 43.4 Å². The van der Waals surface area contributed by atoms with Crippen molar-refractivity contribution in [1.82, 2.24) is 0 Å². The van der Waals surface area contributed by atoms with Crippen LogP contribution in [0.3, 0.4) is 0 Å². The largest absolute Gasteiger partial charge is 0.481 e. The summed E-state index contributed by atoms with van der Waals surface area (Å²) < 4.78 is 47.0. The fraction of sp³-hybridized carbons (Fsp3) is 0.0952. The number of carbonyl (C=O) groups is 1. The molecule has 1 aliphatic heterocycles. The minimum atomic E-state index is -3.51. The first-order valence-electron chi connectivity index (χ1n) is 8.39. The van der Waals surface area contributed by atoms with Gasteiger partial charge in [0.2, 0.25) is 0 Å². The molecule has 27 heavy (non-hydrogen) atoms. The maximum absolute atomic E-state index is 14.2. The number of hydrogen-bond acceptors (Lipinski definition) is 3. The molecule has 0 aliphatic carbocycles. The second kappa shape index (κ2) is 6.75. The first-order chi connectivity index (χ1) is 13.0. The summed E-state index contributed by atoms with van der Waals surface area (Å²) in [6.45, 7) is 0. The molecule has 0 spiro atoms. The summed E-state index contributed by atoms with van der Waals surface area (Å²) in [6.07, 6.45) is -0.0803. The van der Waals surface area contributed by atoms with Crippen molar-refractivity contribution in [1.29, 1.82) is 0 Å². The Bertz CT molecular complexity index is 996. The molecule has 0 aromatic heterocycles. The maximum Gasteiger partial charge on any atom is 0.182 e. The quantitative estimate of drug-likeness (QED) is 0.634. The zero-order valence-electron chi connectivity index (χ0n) is 14.1. The Hall–Kier alpha value is -2.78. The van der Waals surface area contributed by atoms with E-state index in [0.717, 1.165) is 0 Å². The summed E-state index contributed by atoms with van der Waals surface area (Å²) >= 11 is 0. The first kappa shape index (κ1) is 17.6. The molecule has 0 saturated carbocycles. The molecule has 0 amide bonds. The molecule has 0 radical (unpaired) electrons. The summed E-state index contributed by atoms with van der Waals surface area (Å²) in [5, 5.41) is 0.709. The monoisotopic (exact) mass is 384 g/mol. The number of rotatable bonds is 3. The Balaban J connectivity index is 1.86. The molecule has 6 heteroatoms. The summed E-state index contributed by atoms with van der Waals surface area (Å²) in [6, 6.07) is 17.3. The highest BCUT2D eigenvalue weighted by molar-refractivity contribution is 7.79. The Labute approximate surface area is 155 Å². The van der Waals surface area contributed by atoms with Crippen molar-refractivity contribution >= 4 is 23.5 Å². The van der Waals surface area contributed by atoms with Crippen molar-refractivity contribution < 1.29 is 22.9 Å². The van der Waals surface area contributed by atoms with Gasteiger partial charge in [0, 0.05) is 10.6 Å². The molecule has 1 unspecified atom stereocenters. The van der Waals surface area contributed by atoms with Gasteiger partial charge in [0.25, 0.3) is 0 Å². The molecule has 3 aromatic rings. The molecule has 0 saturated heterocycles. The van der Waals surface area contributed by atoms with Gasteiger partial charge in [-0.3, -0.25) is 4.79 Å². The van der Waals surface area contributed by atoms with Gasteiger partial charge >= 0.3 is 0 Å². The Kier molecular flexibility index (Phi) is 4.40. The second-order valence-electron chi connectivity index (χ2n) is 6.31. The van der Waals surface area contributed by atoms with E-state index in [2.05, 4.69) is 0 Å². The molecule has 4 rings (SSSR count). The van der Waals surface area contributed by atoms with Gasteiger partial charge in [-0.2, -0.15) is 0 Å². The molecule has 136 valence electrons. The second-order valence-corrected chi connectivity index (χ2v) is 9.23. The fourth-order valence-electron chi connectivity index (χ4n) is 3.27. The van der Waals surface area contributed by atoms with Crippen LogP contribution >= 0.6 is 7.14 Å². The summed E-state index contributed by atoms with van der Waals surface area (Å²) in [4.78, 5) is 12.6. The smallest absolute Gasteiger partial charge is 0.182 e. The number of halogens is 2. The third kappa shape index (κ3) is 3.08. The van der Waals surface area contributed by atoms with Crippen LogP contribution in [0.5, 0.6) is 5.75 Å². The standard InChI is InChI=1S/C21H15F2O3P/c22-14-5-9-16(10-6-14)27(25,17-11-7-15(23)8-12-17)21-13-19(24)18-3-1-2-4-20(18)26-21/h1-12,21H,13H2. The number of benzene rings is 3. The van der Waals surface area contributed by atoms with E-state index in [1.807, 2.05) is 0 Å². The molecule has 0 fully saturated rings. The molecule has 0 bridgehead atoms. The zero-order valence-corrected chi connectivity index (χ0v) is 15.0. The highest BCUT2D eigenvalue weighted by Crippen LogP contribution is 2.52. The minimum Gasteiger partial charge on any atom is -0.481 e. The number of ketones is 1. The van der Waals surface area contributed by atoms with Crippen LogP contribution in [-0.2, 0) is 4.57 Å². The summed E-state index contributed by atoms with van der Waals surface area (Å²) in [5.41, 5.74) is 0.443. The van der Waals surface area contributed by atoms with Crippen LogP contribution in [0, 0.1) is 11.6 Å². The van der Waals surface area contributed by atoms with E-state index < -0.39 is 24.6 Å². The highest BCUT2D eigenvalue weighted by Gasteiger charge is 2.42. The van der Waals surface area contributed by atoms with Crippen molar-refractivity contribution in [3.05, 3.63) is 90.0 Å². The SMILES string of the molecule is O=C1CC(P(=O)(c2ccc(F)cc2)c2ccc(F)cc2)Oc2ccccc21. The van der Waals surface area contributed by atoms with Gasteiger partial charge in [-0.05, 0) is 60.7 Å². The van der Waals surface area contributed by atoms with Crippen molar-refractivity contribution in [2.75, 3.05) is 0 Å². The highest BCUT2D eigenvalue weighted by atomic mass is 31.2. The van der Waals surface area contributed by atoms with E-state index in [4.69, 9.17) is 4.74 Å². The van der Waals surface area contributed by atoms with Gasteiger partial charge in [0.05, 0.1) is 12.0 Å². The van der Waals surface area contributed by atoms with Crippen LogP contribution in [-0.4, -0.2) is 11.6 Å². The molecule has 3 nitrogen and oxygen atoms in total. The molecule has 1 atom stereocenters. The van der Waals surface area contributed by atoms with Crippen LogP contribution in [0.1, 0.15) is 16.8 Å². The van der Waals surface area contributed by atoms with Gasteiger partial charge < -0.3 is 9.30 Å². The predicted molar refractivity (Wildman–Crippen MR) is 99.5 cm³/mol. The lowest BCUT2D eigenvalue weighted by atomic mass is 10.1. The van der Waals surface area contributed by atoms with Crippen LogP contribution in [0.15, 0.2) is 72.8 Å². The van der Waals surface area contributed by atoms with E-state index >= 15 is 0 Å². The van der Waals surface area contributed by atoms with Crippen molar-refractivity contribution in [2.24, 2.45) is 0 Å². The first-order valence-corrected chi connectivity index (χ1v) is 10.2. The van der Waals surface area contributed by atoms with Crippen LogP contribution in [0.2, 0.25) is 0 Å². The third-order valence-corrected chi connectivity index (χ3v) is 7.87. The van der Waals surface area contributed by atoms with E-state index in [1.54, 1.807) is 24.3 Å². The van der Waals surface area contributed by atoms with Crippen LogP contribution < -0.4 is 15.3 Å². The molecule has 3 aromatic carbocycles. The maximum atomic E-state index is 14.2. The van der Waals surface area contributed by atoms with E-state index in [0.29, 0.717) is 21.9 Å². The summed E-state index contributed by atoms with van der Waals surface area (Å²) in [7, 11) is -3.51. The molecule has 1 heterocycles. The Morgan fingerprint density at radius 3 is 1.89 bits per heavy atom. The number of hydrogen-bond donors (Lipinski definition) is 0. The average Bonchev–Trinajstić information content (AvgIpc) is 2.68. The van der Waals surface area contributed by atoms with Gasteiger partial charge in [0.1, 0.15) is 17.4 Å². The third-order valence-electron chi connectivity index (χ3n) is 4.64. The molecule has 1 aliphatic rings. The van der Waals surface area contributed by atoms with Crippen molar-refractivity contribution in [3.8, 4) is 5.75 Å². The summed E-state index contributed by atoms with van der Waals surface area (Å²) in [5.74, 6) is -1.68. The van der Waals surface area contributed by atoms with Crippen LogP contribution in [0.4, 0.5) is 8.78 Å². The number of carbonyl (C=O) groups excluding carboxylic acids is 1. The zero-order chi connectivity index (χ0) is 19.0. The fourth-order valence-corrected chi connectivity index (χ4v) is 6.10. The lowest BCUT2D eigenvalue weighted by Gasteiger charge is -2.32. The van der Waals surface area contributed by atoms with Gasteiger partial charge in [-0.1, -0.05) is 12.1 Å². The molecular weight excluding hydrogens is 369 g/mol. The lowest BCUT2D eigenvalue weighted by molar-refractivity contribution is 0.0912. The van der Waals surface area contributed by atoms with Gasteiger partial charge in [-0.15, -0.1) is 0 Å². The lowest BCUT2D eigenvalue weighted by Crippen LogP contribution is -2.34. The van der Waals surface area contributed by atoms with Crippen LogP contribution in [0.25, 0.3) is 0 Å². The normalized spacial score (nSPS) is 16.5. The average molecular weight is 384 g/mol. The number of para-hydroxylation sites is 1. The van der Waals surface area contributed by atoms with Gasteiger partial charge in [0.15, 0.2) is 18.8 Å². The molecule has 0 N–H and O–H groups in total. The number of ether oxygens (including phenoxy) is 1. The van der Waals surface area contributed by atoms with E-state index in [9.17, 15) is 18.1 Å². The number of fused-ring (bicyclic) bond motifs is 1. The van der Waals surface area contributed by atoms with Crippen molar-refractivity contribution in [2.45, 2.75) is 12.3 Å². The van der Waals surface area contributed by atoms with Crippen molar-refractivity contribution in [3.63, 3.8) is 0 Å². The molecular formula is C21H15F2O3P. The van der Waals surface area contributed by atoms with Gasteiger partial charge in [-0.25, -0.2) is 8.78 Å². The number of Topliss-reactive ketones (excluding diaryl/α,β-unsaturated/α-hetero) is 1. The Morgan fingerprint density at radius 1 is 0.815 bits per heavy atom. The Morgan fingerprint density at radius 2 is 1.33 bits per heavy atom. The minimum absolute atomic E-state index is 0.0803.